The molecule has 0 unspecified atom stereocenters. The van der Waals surface area contributed by atoms with Gasteiger partial charge in [0.05, 0.1) is 5.69 Å². The fraction of sp³-hybridized carbons (Fsp3) is 0.100. The molecule has 2 heterocycles. The van der Waals surface area contributed by atoms with Gasteiger partial charge in [-0.2, -0.15) is 0 Å². The van der Waals surface area contributed by atoms with Crippen LogP contribution in [0.15, 0.2) is 60.5 Å². The highest BCUT2D eigenvalue weighted by molar-refractivity contribution is 7.14. The van der Waals surface area contributed by atoms with E-state index in [4.69, 9.17) is 9.47 Å². The lowest BCUT2D eigenvalue weighted by molar-refractivity contribution is 0.102. The Morgan fingerprint density at radius 2 is 2.11 bits per heavy atom. The Hall–Kier alpha value is -3.32. The smallest absolute Gasteiger partial charge is 0.255 e. The first kappa shape index (κ1) is 17.1. The number of fused-ring (bicyclic) bond motifs is 1. The highest BCUT2D eigenvalue weighted by atomic mass is 32.1. The van der Waals surface area contributed by atoms with Gasteiger partial charge < -0.3 is 20.1 Å². The lowest BCUT2D eigenvalue weighted by Gasteiger charge is -2.07. The molecule has 0 atom stereocenters. The molecular formula is C20H17N3O3S. The van der Waals surface area contributed by atoms with Crippen LogP contribution in [-0.4, -0.2) is 24.2 Å². The number of anilines is 2. The number of ether oxygens (including phenoxy) is 2. The van der Waals surface area contributed by atoms with E-state index in [9.17, 15) is 4.79 Å². The summed E-state index contributed by atoms with van der Waals surface area (Å²) in [5.41, 5.74) is 2.99. The SMILES string of the molecule is C=CCNc1nc(-c2cccc(NC(=O)c3ccc4c(c3)OCO4)c2)cs1. The Bertz CT molecular complexity index is 1000. The zero-order valence-corrected chi connectivity index (χ0v) is 15.2. The molecule has 0 aliphatic carbocycles. The summed E-state index contributed by atoms with van der Waals surface area (Å²) in [6.45, 7) is 4.53. The Morgan fingerprint density at radius 3 is 3.00 bits per heavy atom. The second-order valence-corrected chi connectivity index (χ2v) is 6.67. The number of nitrogens with zero attached hydrogens (tertiary/aromatic N) is 1. The van der Waals surface area contributed by atoms with Crippen LogP contribution in [0.2, 0.25) is 0 Å². The predicted octanol–water partition coefficient (Wildman–Crippen LogP) is 4.39. The van der Waals surface area contributed by atoms with Crippen molar-refractivity contribution in [2.45, 2.75) is 0 Å². The molecular weight excluding hydrogens is 362 g/mol. The molecule has 2 N–H and O–H groups in total. The van der Waals surface area contributed by atoms with Gasteiger partial charge in [0.15, 0.2) is 16.6 Å². The standard InChI is InChI=1S/C20H17N3O3S/c1-2-8-21-20-23-16(11-27-20)13-4-3-5-15(9-13)22-19(24)14-6-7-17-18(10-14)26-12-25-17/h2-7,9-11H,1,8,12H2,(H,21,23)(H,22,24). The number of hydrogen-bond donors (Lipinski definition) is 2. The number of rotatable bonds is 6. The number of nitrogens with one attached hydrogen (secondary N) is 2. The number of carbonyl (C=O) groups excluding carboxylic acids is 1. The van der Waals surface area contributed by atoms with Gasteiger partial charge in [0, 0.05) is 28.7 Å². The summed E-state index contributed by atoms with van der Waals surface area (Å²) in [6.07, 6.45) is 1.79. The van der Waals surface area contributed by atoms with Gasteiger partial charge in [0.1, 0.15) is 0 Å². The average Bonchev–Trinajstić information content (AvgIpc) is 3.35. The minimum absolute atomic E-state index is 0.180. The van der Waals surface area contributed by atoms with Crippen LogP contribution in [0, 0.1) is 0 Å². The lowest BCUT2D eigenvalue weighted by Crippen LogP contribution is -2.11. The second kappa shape index (κ2) is 7.51. The number of hydrogen-bond acceptors (Lipinski definition) is 6. The number of carbonyl (C=O) groups is 1. The molecule has 0 radical (unpaired) electrons. The highest BCUT2D eigenvalue weighted by Crippen LogP contribution is 2.33. The molecule has 1 amide bonds. The Labute approximate surface area is 160 Å². The third kappa shape index (κ3) is 3.78. The van der Waals surface area contributed by atoms with E-state index < -0.39 is 0 Å². The maximum atomic E-state index is 12.5. The van der Waals surface area contributed by atoms with Gasteiger partial charge in [-0.25, -0.2) is 4.98 Å². The molecule has 0 spiro atoms. The number of benzene rings is 2. The minimum atomic E-state index is -0.211. The molecule has 27 heavy (non-hydrogen) atoms. The molecule has 0 saturated carbocycles. The van der Waals surface area contributed by atoms with Crippen molar-refractivity contribution >= 4 is 28.1 Å². The summed E-state index contributed by atoms with van der Waals surface area (Å²) in [5.74, 6) is 1.02. The van der Waals surface area contributed by atoms with Crippen molar-refractivity contribution in [3.63, 3.8) is 0 Å². The van der Waals surface area contributed by atoms with E-state index in [0.717, 1.165) is 16.4 Å². The topological polar surface area (TPSA) is 72.5 Å². The van der Waals surface area contributed by atoms with Gasteiger partial charge >= 0.3 is 0 Å². The zero-order valence-electron chi connectivity index (χ0n) is 14.4. The number of aromatic nitrogens is 1. The van der Waals surface area contributed by atoms with Crippen LogP contribution in [-0.2, 0) is 0 Å². The molecule has 0 saturated heterocycles. The summed E-state index contributed by atoms with van der Waals surface area (Å²) in [4.78, 5) is 17.1. The van der Waals surface area contributed by atoms with Crippen LogP contribution in [0.4, 0.5) is 10.8 Å². The van der Waals surface area contributed by atoms with E-state index in [2.05, 4.69) is 22.2 Å². The first-order chi connectivity index (χ1) is 13.2. The van der Waals surface area contributed by atoms with Gasteiger partial charge in [-0.05, 0) is 30.3 Å². The second-order valence-electron chi connectivity index (χ2n) is 5.81. The largest absolute Gasteiger partial charge is 0.454 e. The van der Waals surface area contributed by atoms with Crippen molar-refractivity contribution in [3.8, 4) is 22.8 Å². The van der Waals surface area contributed by atoms with E-state index in [1.807, 2.05) is 29.6 Å². The van der Waals surface area contributed by atoms with Gasteiger partial charge in [-0.3, -0.25) is 4.79 Å². The summed E-state index contributed by atoms with van der Waals surface area (Å²) in [6, 6.07) is 12.7. The summed E-state index contributed by atoms with van der Waals surface area (Å²) < 4.78 is 10.6. The Morgan fingerprint density at radius 1 is 1.22 bits per heavy atom. The third-order valence-corrected chi connectivity index (χ3v) is 4.75. The molecule has 6 nitrogen and oxygen atoms in total. The van der Waals surface area contributed by atoms with Gasteiger partial charge in [0.25, 0.3) is 5.91 Å². The van der Waals surface area contributed by atoms with Crippen molar-refractivity contribution in [2.24, 2.45) is 0 Å². The van der Waals surface area contributed by atoms with Crippen molar-refractivity contribution in [2.75, 3.05) is 24.0 Å². The van der Waals surface area contributed by atoms with Crippen LogP contribution in [0.1, 0.15) is 10.4 Å². The molecule has 0 fully saturated rings. The van der Waals surface area contributed by atoms with Crippen LogP contribution in [0.3, 0.4) is 0 Å². The van der Waals surface area contributed by atoms with Crippen LogP contribution in [0.25, 0.3) is 11.3 Å². The van der Waals surface area contributed by atoms with E-state index in [1.54, 1.807) is 24.3 Å². The number of thiazole rings is 1. The summed E-state index contributed by atoms with van der Waals surface area (Å²) in [5, 5.41) is 8.89. The van der Waals surface area contributed by atoms with Gasteiger partial charge in [-0.1, -0.05) is 18.2 Å². The summed E-state index contributed by atoms with van der Waals surface area (Å²) in [7, 11) is 0. The van der Waals surface area contributed by atoms with Gasteiger partial charge in [0.2, 0.25) is 6.79 Å². The average molecular weight is 379 g/mol. The third-order valence-electron chi connectivity index (χ3n) is 3.95. The monoisotopic (exact) mass is 379 g/mol. The molecule has 1 aliphatic heterocycles. The summed E-state index contributed by atoms with van der Waals surface area (Å²) >= 11 is 1.53. The number of amides is 1. The van der Waals surface area contributed by atoms with Crippen molar-refractivity contribution in [3.05, 3.63) is 66.1 Å². The zero-order chi connectivity index (χ0) is 18.6. The molecule has 3 aromatic rings. The highest BCUT2D eigenvalue weighted by Gasteiger charge is 2.16. The quantitative estimate of drug-likeness (QED) is 0.622. The van der Waals surface area contributed by atoms with Crippen LogP contribution >= 0.6 is 11.3 Å². The minimum Gasteiger partial charge on any atom is -0.454 e. The maximum absolute atomic E-state index is 12.5. The molecule has 2 aromatic carbocycles. The Balaban J connectivity index is 1.50. The lowest BCUT2D eigenvalue weighted by atomic mass is 10.1. The normalized spacial score (nSPS) is 11.9. The van der Waals surface area contributed by atoms with Crippen molar-refractivity contribution in [1.82, 2.24) is 4.98 Å². The molecule has 4 rings (SSSR count). The Kier molecular flexibility index (Phi) is 4.76. The first-order valence-corrected chi connectivity index (χ1v) is 9.22. The van der Waals surface area contributed by atoms with Crippen LogP contribution < -0.4 is 20.1 Å². The van der Waals surface area contributed by atoms with E-state index in [1.165, 1.54) is 11.3 Å². The molecule has 0 bridgehead atoms. The molecule has 1 aliphatic rings. The molecule has 7 heteroatoms. The predicted molar refractivity (Wildman–Crippen MR) is 107 cm³/mol. The van der Waals surface area contributed by atoms with E-state index >= 15 is 0 Å². The fourth-order valence-electron chi connectivity index (χ4n) is 2.64. The van der Waals surface area contributed by atoms with E-state index in [-0.39, 0.29) is 12.7 Å². The van der Waals surface area contributed by atoms with Crippen LogP contribution in [0.5, 0.6) is 11.5 Å². The van der Waals surface area contributed by atoms with E-state index in [0.29, 0.717) is 29.3 Å². The van der Waals surface area contributed by atoms with Crippen molar-refractivity contribution in [1.29, 1.82) is 0 Å². The molecule has 1 aromatic heterocycles. The van der Waals surface area contributed by atoms with Crippen molar-refractivity contribution < 1.29 is 14.3 Å². The first-order valence-electron chi connectivity index (χ1n) is 8.34. The molecule has 136 valence electrons. The maximum Gasteiger partial charge on any atom is 0.255 e. The fourth-order valence-corrected chi connectivity index (χ4v) is 3.37. The van der Waals surface area contributed by atoms with Gasteiger partial charge in [-0.15, -0.1) is 17.9 Å².